The Balaban J connectivity index is 0.00000264. The summed E-state index contributed by atoms with van der Waals surface area (Å²) in [4.78, 5) is 1.83. The summed E-state index contributed by atoms with van der Waals surface area (Å²) < 4.78 is 44.1. The third kappa shape index (κ3) is 6.55. The summed E-state index contributed by atoms with van der Waals surface area (Å²) in [5.74, 6) is 0.166. The van der Waals surface area contributed by atoms with Crippen molar-refractivity contribution < 1.29 is 23.0 Å². The maximum absolute atomic E-state index is 13.0. The summed E-state index contributed by atoms with van der Waals surface area (Å²) in [5.41, 5.74) is 0.514. The van der Waals surface area contributed by atoms with Crippen LogP contribution in [-0.4, -0.2) is 49.0 Å². The van der Waals surface area contributed by atoms with E-state index in [1.54, 1.807) is 6.92 Å². The van der Waals surface area contributed by atoms with Crippen molar-refractivity contribution in [2.24, 2.45) is 0 Å². The summed E-state index contributed by atoms with van der Waals surface area (Å²) in [6.07, 6.45) is -5.16. The monoisotopic (exact) mass is 390 g/mol. The highest BCUT2D eigenvalue weighted by Crippen LogP contribution is 2.37. The van der Waals surface area contributed by atoms with Crippen LogP contribution in [-0.2, 0) is 0 Å². The van der Waals surface area contributed by atoms with Crippen LogP contribution in [0.4, 0.5) is 13.2 Å². The lowest BCUT2D eigenvalue weighted by Gasteiger charge is -2.35. The highest BCUT2D eigenvalue weighted by atomic mass is 35.5. The van der Waals surface area contributed by atoms with E-state index in [9.17, 15) is 18.3 Å². The number of aromatic hydroxyl groups is 1. The maximum atomic E-state index is 13.0. The van der Waals surface area contributed by atoms with Crippen LogP contribution in [0, 0.1) is 0 Å². The van der Waals surface area contributed by atoms with Crippen molar-refractivity contribution in [3.63, 3.8) is 0 Å². The first-order chi connectivity index (χ1) is 10.4. The Morgan fingerprint density at radius 1 is 1.25 bits per heavy atom. The molecule has 0 aliphatic carbocycles. The number of halogens is 5. The van der Waals surface area contributed by atoms with Gasteiger partial charge in [0.25, 0.3) is 0 Å². The van der Waals surface area contributed by atoms with Gasteiger partial charge in [-0.1, -0.05) is 6.07 Å². The minimum Gasteiger partial charge on any atom is -0.504 e. The van der Waals surface area contributed by atoms with Gasteiger partial charge in [-0.3, -0.25) is 4.90 Å². The molecule has 2 N–H and O–H groups in total. The fourth-order valence-electron chi connectivity index (χ4n) is 2.68. The Bertz CT molecular complexity index is 498. The summed E-state index contributed by atoms with van der Waals surface area (Å²) in [6, 6.07) is 3.68. The molecule has 0 bridgehead atoms. The van der Waals surface area contributed by atoms with Gasteiger partial charge in [0.2, 0.25) is 0 Å². The molecule has 1 aromatic carbocycles. The van der Waals surface area contributed by atoms with E-state index in [-0.39, 0.29) is 36.3 Å². The van der Waals surface area contributed by atoms with Crippen molar-refractivity contribution in [3.05, 3.63) is 23.8 Å². The standard InChI is InChI=1S/C15H21F3N2O2.2ClH/c1-2-22-14-9-11(3-4-13(14)21)12(10-15(16,17)18)20-7-5-19-6-8-20;;/h3-4,9,12,19,21H,2,5-8,10H2,1H3;2*1H/t12-;;/m0../s1. The molecular weight excluding hydrogens is 368 g/mol. The van der Waals surface area contributed by atoms with Crippen LogP contribution < -0.4 is 10.1 Å². The van der Waals surface area contributed by atoms with Crippen LogP contribution in [0.15, 0.2) is 18.2 Å². The second kappa shape index (κ2) is 10.2. The molecule has 0 amide bonds. The summed E-state index contributed by atoms with van der Waals surface area (Å²) in [5, 5.41) is 12.9. The van der Waals surface area contributed by atoms with E-state index in [1.165, 1.54) is 18.2 Å². The van der Waals surface area contributed by atoms with E-state index in [2.05, 4.69) is 5.32 Å². The van der Waals surface area contributed by atoms with Crippen LogP contribution in [0.1, 0.15) is 24.9 Å². The number of benzene rings is 1. The van der Waals surface area contributed by atoms with Crippen molar-refractivity contribution in [2.45, 2.75) is 25.6 Å². The van der Waals surface area contributed by atoms with Gasteiger partial charge >= 0.3 is 6.18 Å². The second-order valence-corrected chi connectivity index (χ2v) is 5.28. The molecule has 24 heavy (non-hydrogen) atoms. The van der Waals surface area contributed by atoms with Gasteiger partial charge in [-0.05, 0) is 24.6 Å². The van der Waals surface area contributed by atoms with Gasteiger partial charge in [-0.15, -0.1) is 24.8 Å². The SMILES string of the molecule is CCOc1cc([C@H](CC(F)(F)F)N2CCNCC2)ccc1O.Cl.Cl. The number of phenols is 1. The predicted octanol–water partition coefficient (Wildman–Crippen LogP) is 3.53. The van der Waals surface area contributed by atoms with E-state index in [4.69, 9.17) is 4.74 Å². The van der Waals surface area contributed by atoms with Gasteiger partial charge in [0, 0.05) is 32.2 Å². The molecule has 1 fully saturated rings. The van der Waals surface area contributed by atoms with Crippen LogP contribution in [0.3, 0.4) is 0 Å². The number of ether oxygens (including phenoxy) is 1. The topological polar surface area (TPSA) is 44.7 Å². The number of nitrogens with zero attached hydrogens (tertiary/aromatic N) is 1. The minimum absolute atomic E-state index is 0. The largest absolute Gasteiger partial charge is 0.504 e. The molecule has 0 unspecified atom stereocenters. The van der Waals surface area contributed by atoms with Crippen molar-refractivity contribution >= 4 is 24.8 Å². The Labute approximate surface area is 152 Å². The first-order valence-corrected chi connectivity index (χ1v) is 7.38. The fraction of sp³-hybridized carbons (Fsp3) is 0.600. The average Bonchev–Trinajstić information content (AvgIpc) is 2.47. The fourth-order valence-corrected chi connectivity index (χ4v) is 2.68. The quantitative estimate of drug-likeness (QED) is 0.806. The number of hydrogen-bond donors (Lipinski definition) is 2. The van der Waals surface area contributed by atoms with Gasteiger partial charge in [-0.2, -0.15) is 13.2 Å². The lowest BCUT2D eigenvalue weighted by molar-refractivity contribution is -0.148. The van der Waals surface area contributed by atoms with Crippen LogP contribution in [0.25, 0.3) is 0 Å². The second-order valence-electron chi connectivity index (χ2n) is 5.28. The molecule has 0 spiro atoms. The number of hydrogen-bond acceptors (Lipinski definition) is 4. The first-order valence-electron chi connectivity index (χ1n) is 7.38. The van der Waals surface area contributed by atoms with Gasteiger partial charge < -0.3 is 15.2 Å². The Kier molecular flexibility index (Phi) is 9.80. The molecule has 140 valence electrons. The Morgan fingerprint density at radius 2 is 1.88 bits per heavy atom. The number of nitrogens with one attached hydrogen (secondary N) is 1. The molecule has 1 saturated heterocycles. The smallest absolute Gasteiger partial charge is 0.390 e. The molecule has 1 aromatic rings. The number of alkyl halides is 3. The Hall–Kier alpha value is -0.890. The van der Waals surface area contributed by atoms with E-state index in [0.717, 1.165) is 0 Å². The summed E-state index contributed by atoms with van der Waals surface area (Å²) >= 11 is 0. The predicted molar refractivity (Wildman–Crippen MR) is 91.6 cm³/mol. The van der Waals surface area contributed by atoms with Crippen LogP contribution in [0.2, 0.25) is 0 Å². The van der Waals surface area contributed by atoms with Gasteiger partial charge in [0.05, 0.1) is 13.0 Å². The van der Waals surface area contributed by atoms with E-state index >= 15 is 0 Å². The van der Waals surface area contributed by atoms with Crippen molar-refractivity contribution in [1.29, 1.82) is 0 Å². The van der Waals surface area contributed by atoms with Crippen molar-refractivity contribution in [1.82, 2.24) is 10.2 Å². The van der Waals surface area contributed by atoms with Crippen LogP contribution >= 0.6 is 24.8 Å². The normalized spacial score (nSPS) is 16.7. The highest BCUT2D eigenvalue weighted by Gasteiger charge is 2.36. The zero-order valence-corrected chi connectivity index (χ0v) is 14.9. The number of piperazine rings is 1. The molecule has 0 aromatic heterocycles. The molecule has 0 radical (unpaired) electrons. The van der Waals surface area contributed by atoms with Gasteiger partial charge in [0.1, 0.15) is 0 Å². The van der Waals surface area contributed by atoms with E-state index in [0.29, 0.717) is 38.3 Å². The van der Waals surface area contributed by atoms with E-state index < -0.39 is 18.6 Å². The number of rotatable bonds is 5. The molecule has 1 aliphatic heterocycles. The summed E-state index contributed by atoms with van der Waals surface area (Å²) in [7, 11) is 0. The molecule has 0 saturated carbocycles. The molecular formula is C15H23Cl2F3N2O2. The molecule has 1 atom stereocenters. The lowest BCUT2D eigenvalue weighted by Crippen LogP contribution is -2.46. The van der Waals surface area contributed by atoms with Gasteiger partial charge in [-0.25, -0.2) is 0 Å². The average molecular weight is 391 g/mol. The Morgan fingerprint density at radius 3 is 2.42 bits per heavy atom. The molecule has 4 nitrogen and oxygen atoms in total. The zero-order chi connectivity index (χ0) is 16.2. The molecule has 1 heterocycles. The first kappa shape index (κ1) is 23.1. The van der Waals surface area contributed by atoms with Crippen molar-refractivity contribution in [3.8, 4) is 11.5 Å². The van der Waals surface area contributed by atoms with Gasteiger partial charge in [0.15, 0.2) is 11.5 Å². The number of phenolic OH excluding ortho intramolecular Hbond substituents is 1. The van der Waals surface area contributed by atoms with Crippen LogP contribution in [0.5, 0.6) is 11.5 Å². The molecule has 1 aliphatic rings. The summed E-state index contributed by atoms with van der Waals surface area (Å²) in [6.45, 7) is 4.57. The van der Waals surface area contributed by atoms with Crippen molar-refractivity contribution in [2.75, 3.05) is 32.8 Å². The highest BCUT2D eigenvalue weighted by molar-refractivity contribution is 5.85. The molecule has 2 rings (SSSR count). The maximum Gasteiger partial charge on any atom is 0.390 e. The third-order valence-corrected chi connectivity index (χ3v) is 3.69. The lowest BCUT2D eigenvalue weighted by atomic mass is 10.00. The zero-order valence-electron chi connectivity index (χ0n) is 13.3. The van der Waals surface area contributed by atoms with E-state index in [1.807, 2.05) is 4.90 Å². The minimum atomic E-state index is -4.25. The third-order valence-electron chi connectivity index (χ3n) is 3.69. The molecule has 9 heteroatoms.